The summed E-state index contributed by atoms with van der Waals surface area (Å²) in [6, 6.07) is 0.329. The first-order valence-corrected chi connectivity index (χ1v) is 8.45. The largest absolute Gasteiger partial charge is 0.396 e. The molecule has 1 rings (SSSR count). The highest BCUT2D eigenvalue weighted by atomic mass is 16.5. The molecule has 0 bridgehead atoms. The highest BCUT2D eigenvalue weighted by Crippen LogP contribution is 2.23. The standard InChI is InChI=1S/C16H33NO4/c1-2-3-8-20-9-10-21-13-15(19)11-17-16-7-5-4-6-14(16)12-18/h14-19H,2-13H2,1H3. The molecule has 126 valence electrons. The average Bonchev–Trinajstić information content (AvgIpc) is 2.52. The Bertz CT molecular complexity index is 240. The predicted octanol–water partition coefficient (Wildman–Crippen LogP) is 1.32. The summed E-state index contributed by atoms with van der Waals surface area (Å²) in [5.74, 6) is 0.332. The van der Waals surface area contributed by atoms with Crippen LogP contribution in [0.15, 0.2) is 0 Å². The molecule has 0 aromatic rings. The molecule has 0 aromatic carbocycles. The van der Waals surface area contributed by atoms with E-state index in [0.717, 1.165) is 32.3 Å². The zero-order valence-electron chi connectivity index (χ0n) is 13.4. The summed E-state index contributed by atoms with van der Waals surface area (Å²) in [5, 5.41) is 22.6. The Hall–Kier alpha value is -0.200. The van der Waals surface area contributed by atoms with Gasteiger partial charge in [0.15, 0.2) is 0 Å². The van der Waals surface area contributed by atoms with Crippen molar-refractivity contribution in [3.05, 3.63) is 0 Å². The Kier molecular flexibility index (Phi) is 11.1. The lowest BCUT2D eigenvalue weighted by atomic mass is 9.85. The maximum atomic E-state index is 9.89. The van der Waals surface area contributed by atoms with Gasteiger partial charge >= 0.3 is 0 Å². The Morgan fingerprint density at radius 1 is 1.14 bits per heavy atom. The number of hydrogen-bond donors (Lipinski definition) is 3. The van der Waals surface area contributed by atoms with Gasteiger partial charge in [-0.25, -0.2) is 0 Å². The van der Waals surface area contributed by atoms with Crippen molar-refractivity contribution in [2.75, 3.05) is 39.6 Å². The van der Waals surface area contributed by atoms with Crippen LogP contribution in [0.2, 0.25) is 0 Å². The van der Waals surface area contributed by atoms with Gasteiger partial charge in [-0.1, -0.05) is 26.2 Å². The van der Waals surface area contributed by atoms with Crippen LogP contribution in [0.25, 0.3) is 0 Å². The predicted molar refractivity (Wildman–Crippen MR) is 83.4 cm³/mol. The van der Waals surface area contributed by atoms with E-state index >= 15 is 0 Å². The molecule has 0 aliphatic heterocycles. The molecular formula is C16H33NO4. The summed E-state index contributed by atoms with van der Waals surface area (Å²) >= 11 is 0. The number of unbranched alkanes of at least 4 members (excludes halogenated alkanes) is 1. The van der Waals surface area contributed by atoms with Crippen LogP contribution in [0.1, 0.15) is 45.4 Å². The first-order chi connectivity index (χ1) is 10.3. The second kappa shape index (κ2) is 12.4. The van der Waals surface area contributed by atoms with Gasteiger partial charge in [-0.05, 0) is 25.2 Å². The van der Waals surface area contributed by atoms with Crippen molar-refractivity contribution < 1.29 is 19.7 Å². The summed E-state index contributed by atoms with van der Waals surface area (Å²) < 4.78 is 10.8. The van der Waals surface area contributed by atoms with E-state index in [1.807, 2.05) is 0 Å². The minimum Gasteiger partial charge on any atom is -0.396 e. The van der Waals surface area contributed by atoms with Gasteiger partial charge in [-0.3, -0.25) is 0 Å². The summed E-state index contributed by atoms with van der Waals surface area (Å²) in [4.78, 5) is 0. The Balaban J connectivity index is 1.99. The monoisotopic (exact) mass is 303 g/mol. The molecule has 1 fully saturated rings. The smallest absolute Gasteiger partial charge is 0.0897 e. The van der Waals surface area contributed by atoms with Crippen LogP contribution in [-0.4, -0.2) is 61.9 Å². The van der Waals surface area contributed by atoms with Gasteiger partial charge in [-0.15, -0.1) is 0 Å². The zero-order valence-corrected chi connectivity index (χ0v) is 13.4. The lowest BCUT2D eigenvalue weighted by Gasteiger charge is -2.31. The molecule has 0 heterocycles. The Morgan fingerprint density at radius 3 is 2.67 bits per heavy atom. The maximum absolute atomic E-state index is 9.89. The topological polar surface area (TPSA) is 71.0 Å². The molecule has 3 N–H and O–H groups in total. The van der Waals surface area contributed by atoms with Crippen molar-refractivity contribution in [1.82, 2.24) is 5.32 Å². The van der Waals surface area contributed by atoms with E-state index in [0.29, 0.717) is 38.3 Å². The molecule has 5 nitrogen and oxygen atoms in total. The molecule has 3 atom stereocenters. The van der Waals surface area contributed by atoms with E-state index in [1.165, 1.54) is 12.8 Å². The van der Waals surface area contributed by atoms with E-state index in [-0.39, 0.29) is 6.61 Å². The van der Waals surface area contributed by atoms with Crippen LogP contribution in [0.3, 0.4) is 0 Å². The third-order valence-corrected chi connectivity index (χ3v) is 4.08. The first-order valence-electron chi connectivity index (χ1n) is 8.45. The van der Waals surface area contributed by atoms with Crippen molar-refractivity contribution in [2.45, 2.75) is 57.6 Å². The lowest BCUT2D eigenvalue weighted by Crippen LogP contribution is -2.44. The number of ether oxygens (including phenoxy) is 2. The summed E-state index contributed by atoms with van der Waals surface area (Å²) in [7, 11) is 0. The number of nitrogens with one attached hydrogen (secondary N) is 1. The van der Waals surface area contributed by atoms with Crippen molar-refractivity contribution >= 4 is 0 Å². The van der Waals surface area contributed by atoms with Gasteiger partial charge in [0.25, 0.3) is 0 Å². The third kappa shape index (κ3) is 8.73. The van der Waals surface area contributed by atoms with Crippen LogP contribution in [-0.2, 0) is 9.47 Å². The van der Waals surface area contributed by atoms with E-state index in [9.17, 15) is 10.2 Å². The van der Waals surface area contributed by atoms with Gasteiger partial charge in [0, 0.05) is 25.8 Å². The molecule has 0 amide bonds. The highest BCUT2D eigenvalue weighted by molar-refractivity contribution is 4.81. The number of hydrogen-bond acceptors (Lipinski definition) is 5. The molecule has 0 spiro atoms. The number of aliphatic hydroxyl groups excluding tert-OH is 2. The summed E-state index contributed by atoms with van der Waals surface area (Å²) in [5.41, 5.74) is 0. The van der Waals surface area contributed by atoms with Crippen LogP contribution < -0.4 is 5.32 Å². The number of aliphatic hydroxyl groups is 2. The first kappa shape index (κ1) is 18.8. The Morgan fingerprint density at radius 2 is 1.90 bits per heavy atom. The Labute approximate surface area is 129 Å². The highest BCUT2D eigenvalue weighted by Gasteiger charge is 2.24. The van der Waals surface area contributed by atoms with Crippen molar-refractivity contribution in [2.24, 2.45) is 5.92 Å². The summed E-state index contributed by atoms with van der Waals surface area (Å²) in [6.07, 6.45) is 6.30. The van der Waals surface area contributed by atoms with Crippen molar-refractivity contribution in [3.8, 4) is 0 Å². The van der Waals surface area contributed by atoms with Gasteiger partial charge in [0.1, 0.15) is 0 Å². The third-order valence-electron chi connectivity index (χ3n) is 4.08. The molecule has 1 aliphatic rings. The van der Waals surface area contributed by atoms with Gasteiger partial charge in [-0.2, -0.15) is 0 Å². The molecule has 5 heteroatoms. The minimum atomic E-state index is -0.498. The molecule has 21 heavy (non-hydrogen) atoms. The minimum absolute atomic E-state index is 0.235. The molecule has 0 aromatic heterocycles. The van der Waals surface area contributed by atoms with E-state index in [4.69, 9.17) is 9.47 Å². The second-order valence-electron chi connectivity index (χ2n) is 5.94. The maximum Gasteiger partial charge on any atom is 0.0897 e. The SMILES string of the molecule is CCCCOCCOCC(O)CNC1CCCCC1CO. The number of rotatable bonds is 12. The zero-order chi connectivity index (χ0) is 15.3. The molecular weight excluding hydrogens is 270 g/mol. The van der Waals surface area contributed by atoms with E-state index < -0.39 is 6.10 Å². The normalized spacial score (nSPS) is 24.1. The van der Waals surface area contributed by atoms with E-state index in [1.54, 1.807) is 0 Å². The quantitative estimate of drug-likeness (QED) is 0.474. The fourth-order valence-electron chi connectivity index (χ4n) is 2.73. The van der Waals surface area contributed by atoms with Crippen molar-refractivity contribution in [3.63, 3.8) is 0 Å². The molecule has 0 radical (unpaired) electrons. The second-order valence-corrected chi connectivity index (χ2v) is 5.94. The lowest BCUT2D eigenvalue weighted by molar-refractivity contribution is 0.00168. The molecule has 1 aliphatic carbocycles. The molecule has 1 saturated carbocycles. The molecule has 3 unspecified atom stereocenters. The molecule has 0 saturated heterocycles. The fraction of sp³-hybridized carbons (Fsp3) is 1.00. The fourth-order valence-corrected chi connectivity index (χ4v) is 2.73. The van der Waals surface area contributed by atoms with Crippen LogP contribution in [0, 0.1) is 5.92 Å². The van der Waals surface area contributed by atoms with Gasteiger partial charge < -0.3 is 25.0 Å². The van der Waals surface area contributed by atoms with Crippen LogP contribution in [0.5, 0.6) is 0 Å². The summed E-state index contributed by atoms with van der Waals surface area (Å²) in [6.45, 7) is 5.14. The van der Waals surface area contributed by atoms with Gasteiger partial charge in [0.2, 0.25) is 0 Å². The van der Waals surface area contributed by atoms with Gasteiger partial charge in [0.05, 0.1) is 25.9 Å². The van der Waals surface area contributed by atoms with Crippen LogP contribution in [0.4, 0.5) is 0 Å². The average molecular weight is 303 g/mol. The van der Waals surface area contributed by atoms with Crippen molar-refractivity contribution in [1.29, 1.82) is 0 Å². The van der Waals surface area contributed by atoms with E-state index in [2.05, 4.69) is 12.2 Å². The van der Waals surface area contributed by atoms with Crippen LogP contribution >= 0.6 is 0 Å².